The SMILES string of the molecule is Ic1cc2c3ccccc3n(-c3ccccc3)c2c2c1oc1ccccc12. The van der Waals surface area contributed by atoms with Crippen LogP contribution in [0.1, 0.15) is 0 Å². The van der Waals surface area contributed by atoms with Gasteiger partial charge in [0.05, 0.1) is 20.0 Å². The Morgan fingerprint density at radius 3 is 2.26 bits per heavy atom. The van der Waals surface area contributed by atoms with Crippen molar-refractivity contribution in [3.8, 4) is 5.69 Å². The van der Waals surface area contributed by atoms with Gasteiger partial charge in [-0.1, -0.05) is 54.6 Å². The van der Waals surface area contributed by atoms with E-state index in [-0.39, 0.29) is 0 Å². The minimum Gasteiger partial charge on any atom is -0.455 e. The molecule has 0 atom stereocenters. The molecule has 0 spiro atoms. The third-order valence-corrected chi connectivity index (χ3v) is 6.05. The molecule has 0 amide bonds. The van der Waals surface area contributed by atoms with Gasteiger partial charge in [-0.05, 0) is 52.9 Å². The van der Waals surface area contributed by atoms with Crippen molar-refractivity contribution in [2.75, 3.05) is 0 Å². The van der Waals surface area contributed by atoms with E-state index in [1.165, 1.54) is 27.2 Å². The molecule has 6 rings (SSSR count). The number of hydrogen-bond donors (Lipinski definition) is 0. The Labute approximate surface area is 169 Å². The number of fused-ring (bicyclic) bond motifs is 7. The Bertz CT molecular complexity index is 1470. The number of hydrogen-bond acceptors (Lipinski definition) is 1. The minimum atomic E-state index is 0.933. The number of furan rings is 1. The molecular weight excluding hydrogens is 445 g/mol. The molecule has 0 fully saturated rings. The van der Waals surface area contributed by atoms with E-state index in [4.69, 9.17) is 4.42 Å². The topological polar surface area (TPSA) is 18.1 Å². The summed E-state index contributed by atoms with van der Waals surface area (Å²) in [7, 11) is 0. The third kappa shape index (κ3) is 2.06. The molecule has 0 unspecified atom stereocenters. The summed E-state index contributed by atoms with van der Waals surface area (Å²) < 4.78 is 9.76. The number of benzene rings is 4. The Morgan fingerprint density at radius 2 is 1.41 bits per heavy atom. The largest absolute Gasteiger partial charge is 0.455 e. The molecule has 0 saturated carbocycles. The highest BCUT2D eigenvalue weighted by atomic mass is 127. The van der Waals surface area contributed by atoms with E-state index < -0.39 is 0 Å². The van der Waals surface area contributed by atoms with E-state index in [0.29, 0.717) is 0 Å². The Kier molecular flexibility index (Phi) is 3.17. The molecule has 0 N–H and O–H groups in total. The van der Waals surface area contributed by atoms with Crippen LogP contribution in [0.15, 0.2) is 89.3 Å². The zero-order chi connectivity index (χ0) is 18.0. The van der Waals surface area contributed by atoms with Crippen molar-refractivity contribution in [1.29, 1.82) is 0 Å². The molecule has 27 heavy (non-hydrogen) atoms. The normalized spacial score (nSPS) is 11.9. The second kappa shape index (κ2) is 5.60. The van der Waals surface area contributed by atoms with Crippen LogP contribution in [0.25, 0.3) is 49.4 Å². The number of nitrogens with zero attached hydrogens (tertiary/aromatic N) is 1. The predicted molar refractivity (Wildman–Crippen MR) is 121 cm³/mol. The lowest BCUT2D eigenvalue weighted by Gasteiger charge is -2.08. The van der Waals surface area contributed by atoms with Gasteiger partial charge >= 0.3 is 0 Å². The molecule has 128 valence electrons. The Morgan fingerprint density at radius 1 is 0.704 bits per heavy atom. The number of halogens is 1. The highest BCUT2D eigenvalue weighted by Crippen LogP contribution is 2.42. The van der Waals surface area contributed by atoms with Gasteiger partial charge in [-0.2, -0.15) is 0 Å². The van der Waals surface area contributed by atoms with Crippen LogP contribution in [0.3, 0.4) is 0 Å². The van der Waals surface area contributed by atoms with Crippen LogP contribution < -0.4 is 0 Å². The van der Waals surface area contributed by atoms with Crippen molar-refractivity contribution in [2.45, 2.75) is 0 Å². The first-order valence-corrected chi connectivity index (χ1v) is 9.99. The summed E-state index contributed by atoms with van der Waals surface area (Å²) in [5, 5.41) is 4.88. The summed E-state index contributed by atoms with van der Waals surface area (Å²) in [4.78, 5) is 0. The molecule has 3 heteroatoms. The van der Waals surface area contributed by atoms with E-state index in [0.717, 1.165) is 25.8 Å². The van der Waals surface area contributed by atoms with Crippen molar-refractivity contribution in [2.24, 2.45) is 0 Å². The maximum atomic E-state index is 6.26. The fourth-order valence-electron chi connectivity index (χ4n) is 4.14. The van der Waals surface area contributed by atoms with Gasteiger partial charge in [-0.15, -0.1) is 0 Å². The van der Waals surface area contributed by atoms with E-state index in [1.807, 2.05) is 12.1 Å². The first kappa shape index (κ1) is 15.3. The zero-order valence-corrected chi connectivity index (χ0v) is 16.5. The summed E-state index contributed by atoms with van der Waals surface area (Å²) in [6.45, 7) is 0. The zero-order valence-electron chi connectivity index (χ0n) is 14.3. The van der Waals surface area contributed by atoms with Crippen LogP contribution in [0, 0.1) is 3.57 Å². The van der Waals surface area contributed by atoms with E-state index in [1.54, 1.807) is 0 Å². The van der Waals surface area contributed by atoms with Crippen LogP contribution in [0.2, 0.25) is 0 Å². The molecule has 0 bridgehead atoms. The quantitative estimate of drug-likeness (QED) is 0.236. The molecule has 2 aromatic heterocycles. The van der Waals surface area contributed by atoms with Gasteiger partial charge in [0.25, 0.3) is 0 Å². The van der Waals surface area contributed by atoms with Crippen molar-refractivity contribution < 1.29 is 4.42 Å². The summed E-state index contributed by atoms with van der Waals surface area (Å²) in [5.74, 6) is 0. The smallest absolute Gasteiger partial charge is 0.150 e. The standard InChI is InChI=1S/C24H14INO/c25-19-14-18-16-10-4-6-12-20(16)26(15-8-2-1-3-9-15)23(18)22-17-11-5-7-13-21(17)27-24(19)22/h1-14H. The Hall–Kier alpha value is -2.79. The molecule has 4 aromatic carbocycles. The summed E-state index contributed by atoms with van der Waals surface area (Å²) >= 11 is 2.39. The van der Waals surface area contributed by atoms with E-state index in [2.05, 4.69) is 100.0 Å². The fraction of sp³-hybridized carbons (Fsp3) is 0. The molecule has 0 aliphatic rings. The minimum absolute atomic E-state index is 0.933. The van der Waals surface area contributed by atoms with Crippen LogP contribution in [0.4, 0.5) is 0 Å². The van der Waals surface area contributed by atoms with E-state index in [9.17, 15) is 0 Å². The average molecular weight is 459 g/mol. The van der Waals surface area contributed by atoms with Crippen molar-refractivity contribution >= 4 is 66.3 Å². The van der Waals surface area contributed by atoms with Crippen LogP contribution >= 0.6 is 22.6 Å². The second-order valence-corrected chi connectivity index (χ2v) is 7.91. The lowest BCUT2D eigenvalue weighted by molar-refractivity contribution is 0.667. The molecular formula is C24H14INO. The number of aromatic nitrogens is 1. The highest BCUT2D eigenvalue weighted by molar-refractivity contribution is 14.1. The third-order valence-electron chi connectivity index (χ3n) is 5.25. The summed E-state index contributed by atoms with van der Waals surface area (Å²) in [6, 6.07) is 29.8. The first-order chi connectivity index (χ1) is 13.3. The first-order valence-electron chi connectivity index (χ1n) is 8.91. The molecule has 0 saturated heterocycles. The number of rotatable bonds is 1. The summed E-state index contributed by atoms with van der Waals surface area (Å²) in [5.41, 5.74) is 5.48. The highest BCUT2D eigenvalue weighted by Gasteiger charge is 2.20. The summed E-state index contributed by atoms with van der Waals surface area (Å²) in [6.07, 6.45) is 0. The molecule has 0 aliphatic carbocycles. The van der Waals surface area contributed by atoms with E-state index >= 15 is 0 Å². The second-order valence-electron chi connectivity index (χ2n) is 6.75. The molecule has 2 heterocycles. The maximum absolute atomic E-state index is 6.26. The molecule has 2 nitrogen and oxygen atoms in total. The maximum Gasteiger partial charge on any atom is 0.150 e. The van der Waals surface area contributed by atoms with Gasteiger partial charge in [-0.3, -0.25) is 0 Å². The average Bonchev–Trinajstić information content (AvgIpc) is 3.25. The molecule has 0 aliphatic heterocycles. The Balaban J connectivity index is 1.98. The van der Waals surface area contributed by atoms with Gasteiger partial charge in [0.2, 0.25) is 0 Å². The lowest BCUT2D eigenvalue weighted by Crippen LogP contribution is -1.93. The van der Waals surface area contributed by atoms with Gasteiger partial charge < -0.3 is 8.98 Å². The van der Waals surface area contributed by atoms with Gasteiger partial charge in [0.1, 0.15) is 5.58 Å². The van der Waals surface area contributed by atoms with Crippen molar-refractivity contribution in [3.63, 3.8) is 0 Å². The van der Waals surface area contributed by atoms with Crippen LogP contribution in [-0.2, 0) is 0 Å². The number of para-hydroxylation sites is 3. The lowest BCUT2D eigenvalue weighted by atomic mass is 10.1. The van der Waals surface area contributed by atoms with Gasteiger partial charge in [0, 0.05) is 21.8 Å². The fourth-order valence-corrected chi connectivity index (χ4v) is 4.83. The van der Waals surface area contributed by atoms with Crippen LogP contribution in [0.5, 0.6) is 0 Å². The monoisotopic (exact) mass is 459 g/mol. The van der Waals surface area contributed by atoms with Crippen molar-refractivity contribution in [3.05, 3.63) is 88.5 Å². The molecule has 0 radical (unpaired) electrons. The van der Waals surface area contributed by atoms with Gasteiger partial charge in [-0.25, -0.2) is 0 Å². The predicted octanol–water partition coefficient (Wildman–Crippen LogP) is 7.29. The van der Waals surface area contributed by atoms with Crippen molar-refractivity contribution in [1.82, 2.24) is 4.57 Å². The van der Waals surface area contributed by atoms with Gasteiger partial charge in [0.15, 0.2) is 5.58 Å². The molecule has 6 aromatic rings. The van der Waals surface area contributed by atoms with Crippen LogP contribution in [-0.4, -0.2) is 4.57 Å².